The van der Waals surface area contributed by atoms with Crippen molar-refractivity contribution >= 4 is 17.7 Å². The summed E-state index contributed by atoms with van der Waals surface area (Å²) in [6.45, 7) is 0.320. The second-order valence-corrected chi connectivity index (χ2v) is 7.99. The predicted molar refractivity (Wildman–Crippen MR) is 115 cm³/mol. The van der Waals surface area contributed by atoms with Gasteiger partial charge >= 0.3 is 0 Å². The van der Waals surface area contributed by atoms with Crippen LogP contribution in [-0.4, -0.2) is 38.4 Å². The Morgan fingerprint density at radius 1 is 1.06 bits per heavy atom. The summed E-state index contributed by atoms with van der Waals surface area (Å²) in [5, 5.41) is 15.8. The van der Waals surface area contributed by atoms with Gasteiger partial charge in [-0.25, -0.2) is 0 Å². The lowest BCUT2D eigenvalue weighted by atomic mass is 9.98. The highest BCUT2D eigenvalue weighted by atomic mass is 16.2. The molecule has 1 N–H and O–H groups in total. The second-order valence-electron chi connectivity index (χ2n) is 7.99. The topological polar surface area (TPSA) is 108 Å². The zero-order chi connectivity index (χ0) is 22.4. The van der Waals surface area contributed by atoms with Gasteiger partial charge in [-0.3, -0.25) is 24.4 Å². The summed E-state index contributed by atoms with van der Waals surface area (Å²) in [5.74, 6) is -0.915. The third kappa shape index (κ3) is 3.15. The monoisotopic (exact) mass is 425 g/mol. The molecule has 8 nitrogen and oxygen atoms in total. The fraction of sp³-hybridized carbons (Fsp3) is 0.208. The first-order valence-electron chi connectivity index (χ1n) is 10.3. The lowest BCUT2D eigenvalue weighted by Gasteiger charge is -2.29. The van der Waals surface area contributed by atoms with Crippen LogP contribution in [0.4, 0.5) is 0 Å². The number of carbonyl (C=O) groups excluding carboxylic acids is 3. The van der Waals surface area contributed by atoms with Gasteiger partial charge in [-0.05, 0) is 41.8 Å². The predicted octanol–water partition coefficient (Wildman–Crippen LogP) is 2.39. The van der Waals surface area contributed by atoms with E-state index in [2.05, 4.69) is 16.5 Å². The second kappa shape index (κ2) is 7.46. The van der Waals surface area contributed by atoms with Crippen LogP contribution in [0.3, 0.4) is 0 Å². The van der Waals surface area contributed by atoms with E-state index in [-0.39, 0.29) is 18.2 Å². The molecular weight excluding hydrogens is 406 g/mol. The third-order valence-corrected chi connectivity index (χ3v) is 6.06. The van der Waals surface area contributed by atoms with Crippen molar-refractivity contribution in [3.05, 3.63) is 65.4 Å². The molecule has 0 radical (unpaired) electrons. The zero-order valence-corrected chi connectivity index (χ0v) is 17.3. The Kier molecular flexibility index (Phi) is 4.59. The molecule has 1 atom stereocenters. The molecule has 32 heavy (non-hydrogen) atoms. The van der Waals surface area contributed by atoms with Crippen molar-refractivity contribution in [2.24, 2.45) is 7.05 Å². The van der Waals surface area contributed by atoms with Crippen molar-refractivity contribution in [3.8, 4) is 28.5 Å². The largest absolute Gasteiger partial charge is 0.322 e. The Bertz CT molecular complexity index is 1320. The summed E-state index contributed by atoms with van der Waals surface area (Å²) in [5.41, 5.74) is 5.65. The molecule has 2 aliphatic rings. The van der Waals surface area contributed by atoms with Crippen LogP contribution in [0.15, 0.2) is 48.7 Å². The molecule has 8 heteroatoms. The lowest BCUT2D eigenvalue weighted by molar-refractivity contribution is -0.136. The Morgan fingerprint density at radius 3 is 2.53 bits per heavy atom. The maximum absolute atomic E-state index is 12.9. The van der Waals surface area contributed by atoms with E-state index in [0.717, 1.165) is 27.9 Å². The molecule has 1 saturated heterocycles. The normalized spacial score (nSPS) is 17.8. The number of nitrogens with one attached hydrogen (secondary N) is 1. The molecule has 158 valence electrons. The number of carbonyl (C=O) groups is 3. The number of rotatable bonds is 3. The number of imide groups is 1. The van der Waals surface area contributed by atoms with E-state index in [1.54, 1.807) is 34.0 Å². The van der Waals surface area contributed by atoms with Crippen molar-refractivity contribution in [1.29, 1.82) is 5.26 Å². The third-order valence-electron chi connectivity index (χ3n) is 6.06. The van der Waals surface area contributed by atoms with Crippen LogP contribution in [-0.2, 0) is 23.2 Å². The first-order valence-corrected chi connectivity index (χ1v) is 10.3. The molecule has 0 saturated carbocycles. The zero-order valence-electron chi connectivity index (χ0n) is 17.3. The van der Waals surface area contributed by atoms with Crippen LogP contribution in [0.2, 0.25) is 0 Å². The number of nitriles is 1. The molecule has 5 rings (SSSR count). The standard InChI is InChI=1S/C24H19N5O3/c1-28-22(15-4-2-14(11-25)3-5-15)19(12-26-28)16-6-7-18-17(10-16)13-29(24(18)32)20-8-9-21(30)27-23(20)31/h2-7,10,12,20H,8-9,13H2,1H3,(H,27,30,31). The summed E-state index contributed by atoms with van der Waals surface area (Å²) in [4.78, 5) is 38.2. The molecule has 3 aromatic rings. The smallest absolute Gasteiger partial charge is 0.255 e. The minimum absolute atomic E-state index is 0.195. The van der Waals surface area contributed by atoms with Crippen molar-refractivity contribution < 1.29 is 14.4 Å². The number of aryl methyl sites for hydroxylation is 1. The van der Waals surface area contributed by atoms with Crippen molar-refractivity contribution in [1.82, 2.24) is 20.0 Å². The van der Waals surface area contributed by atoms with Crippen LogP contribution in [0.5, 0.6) is 0 Å². The molecule has 3 amide bonds. The van der Waals surface area contributed by atoms with E-state index in [9.17, 15) is 14.4 Å². The maximum Gasteiger partial charge on any atom is 0.255 e. The van der Waals surface area contributed by atoms with Crippen LogP contribution < -0.4 is 5.32 Å². The molecule has 1 unspecified atom stereocenters. The lowest BCUT2D eigenvalue weighted by Crippen LogP contribution is -2.52. The maximum atomic E-state index is 12.9. The molecule has 0 bridgehead atoms. The van der Waals surface area contributed by atoms with Crippen LogP contribution >= 0.6 is 0 Å². The van der Waals surface area contributed by atoms with Gasteiger partial charge in [0.05, 0.1) is 23.5 Å². The molecule has 0 spiro atoms. The van der Waals surface area contributed by atoms with Gasteiger partial charge in [-0.2, -0.15) is 10.4 Å². The number of piperidine rings is 1. The van der Waals surface area contributed by atoms with E-state index < -0.39 is 11.9 Å². The Hall–Kier alpha value is -4.25. The van der Waals surface area contributed by atoms with Gasteiger partial charge in [0.25, 0.3) is 5.91 Å². The minimum Gasteiger partial charge on any atom is -0.322 e. The number of benzene rings is 2. The van der Waals surface area contributed by atoms with E-state index in [0.29, 0.717) is 24.1 Å². The Balaban J connectivity index is 1.48. The first kappa shape index (κ1) is 19.7. The van der Waals surface area contributed by atoms with Gasteiger partial charge in [-0.1, -0.05) is 18.2 Å². The van der Waals surface area contributed by atoms with Crippen molar-refractivity contribution in [2.45, 2.75) is 25.4 Å². The summed E-state index contributed by atoms with van der Waals surface area (Å²) < 4.78 is 1.78. The van der Waals surface area contributed by atoms with E-state index in [1.165, 1.54) is 0 Å². The molecule has 2 aliphatic heterocycles. The first-order chi connectivity index (χ1) is 15.5. The fourth-order valence-electron chi connectivity index (χ4n) is 4.44. The highest BCUT2D eigenvalue weighted by Crippen LogP contribution is 2.35. The summed E-state index contributed by atoms with van der Waals surface area (Å²) in [7, 11) is 1.86. The van der Waals surface area contributed by atoms with Crippen LogP contribution in [0.1, 0.15) is 34.3 Å². The van der Waals surface area contributed by atoms with E-state index >= 15 is 0 Å². The summed E-state index contributed by atoms with van der Waals surface area (Å²) in [6, 6.07) is 14.4. The molecule has 2 aromatic carbocycles. The minimum atomic E-state index is -0.636. The SMILES string of the molecule is Cn1ncc(-c2ccc3c(c2)CN(C2CCC(=O)NC2=O)C3=O)c1-c1ccc(C#N)cc1. The van der Waals surface area contributed by atoms with E-state index in [1.807, 2.05) is 31.3 Å². The fourth-order valence-corrected chi connectivity index (χ4v) is 4.44. The molecule has 0 aliphatic carbocycles. The van der Waals surface area contributed by atoms with E-state index in [4.69, 9.17) is 5.26 Å². The van der Waals surface area contributed by atoms with Gasteiger partial charge < -0.3 is 4.90 Å². The molecular formula is C24H19N5O3. The van der Waals surface area contributed by atoms with Gasteiger partial charge in [0.1, 0.15) is 6.04 Å². The number of amides is 3. The number of aromatic nitrogens is 2. The summed E-state index contributed by atoms with van der Waals surface area (Å²) >= 11 is 0. The van der Waals surface area contributed by atoms with Crippen LogP contribution in [0.25, 0.3) is 22.4 Å². The average Bonchev–Trinajstić information content (AvgIpc) is 3.33. The van der Waals surface area contributed by atoms with Crippen molar-refractivity contribution in [3.63, 3.8) is 0 Å². The average molecular weight is 425 g/mol. The van der Waals surface area contributed by atoms with Gasteiger partial charge in [0.15, 0.2) is 0 Å². The molecule has 3 heterocycles. The molecule has 1 fully saturated rings. The molecule has 1 aromatic heterocycles. The number of hydrogen-bond donors (Lipinski definition) is 1. The number of nitrogens with zero attached hydrogens (tertiary/aromatic N) is 4. The van der Waals surface area contributed by atoms with Crippen molar-refractivity contribution in [2.75, 3.05) is 0 Å². The Morgan fingerprint density at radius 2 is 1.81 bits per heavy atom. The van der Waals surface area contributed by atoms with Gasteiger partial charge in [0, 0.05) is 36.7 Å². The quantitative estimate of drug-likeness (QED) is 0.648. The van der Waals surface area contributed by atoms with Gasteiger partial charge in [-0.15, -0.1) is 0 Å². The summed E-state index contributed by atoms with van der Waals surface area (Å²) in [6.07, 6.45) is 2.35. The highest BCUT2D eigenvalue weighted by molar-refractivity contribution is 6.05. The van der Waals surface area contributed by atoms with Gasteiger partial charge in [0.2, 0.25) is 11.8 Å². The Labute approximate surface area is 184 Å². The highest BCUT2D eigenvalue weighted by Gasteiger charge is 2.39. The number of fused-ring (bicyclic) bond motifs is 1. The number of hydrogen-bond acceptors (Lipinski definition) is 5. The van der Waals surface area contributed by atoms with Crippen LogP contribution in [0, 0.1) is 11.3 Å².